The summed E-state index contributed by atoms with van der Waals surface area (Å²) in [6.45, 7) is 4.17. The minimum absolute atomic E-state index is 0.343. The van der Waals surface area contributed by atoms with E-state index in [4.69, 9.17) is 0 Å². The zero-order valence-electron chi connectivity index (χ0n) is 8.96. The third kappa shape index (κ3) is 2.35. The topological polar surface area (TPSA) is 37.8 Å². The van der Waals surface area contributed by atoms with Crippen LogP contribution in [0.1, 0.15) is 13.8 Å². The standard InChI is InChI=1S/C11H11Br2N3/c1-6(2)16-11-8-3-7(12)4-9(13)10(8)14-5-15-11/h3-6H,1-2H3,(H,14,15,16). The van der Waals surface area contributed by atoms with Crippen LogP contribution in [-0.4, -0.2) is 16.0 Å². The van der Waals surface area contributed by atoms with Gasteiger partial charge in [0.25, 0.3) is 0 Å². The Morgan fingerprint density at radius 3 is 2.62 bits per heavy atom. The molecule has 1 N–H and O–H groups in total. The molecular formula is C11H11Br2N3. The van der Waals surface area contributed by atoms with Crippen LogP contribution in [-0.2, 0) is 0 Å². The second-order valence-electron chi connectivity index (χ2n) is 3.81. The average Bonchev–Trinajstić information content (AvgIpc) is 2.18. The van der Waals surface area contributed by atoms with Crippen molar-refractivity contribution in [2.45, 2.75) is 19.9 Å². The summed E-state index contributed by atoms with van der Waals surface area (Å²) in [5.74, 6) is 0.863. The van der Waals surface area contributed by atoms with Crippen LogP contribution < -0.4 is 5.32 Å². The van der Waals surface area contributed by atoms with Crippen molar-refractivity contribution in [1.29, 1.82) is 0 Å². The molecule has 0 aliphatic rings. The summed E-state index contributed by atoms with van der Waals surface area (Å²) in [6.07, 6.45) is 1.58. The van der Waals surface area contributed by atoms with Gasteiger partial charge in [0.05, 0.1) is 5.52 Å². The first-order valence-electron chi connectivity index (χ1n) is 4.94. The van der Waals surface area contributed by atoms with Gasteiger partial charge in [-0.15, -0.1) is 0 Å². The van der Waals surface area contributed by atoms with Crippen molar-refractivity contribution in [2.75, 3.05) is 5.32 Å². The maximum atomic E-state index is 4.27. The molecule has 0 fully saturated rings. The van der Waals surface area contributed by atoms with Gasteiger partial charge in [0.15, 0.2) is 0 Å². The molecule has 2 rings (SSSR count). The monoisotopic (exact) mass is 343 g/mol. The van der Waals surface area contributed by atoms with E-state index in [0.29, 0.717) is 6.04 Å². The molecule has 0 atom stereocenters. The van der Waals surface area contributed by atoms with Crippen LogP contribution in [0.4, 0.5) is 5.82 Å². The second kappa shape index (κ2) is 4.67. The molecule has 2 aromatic rings. The van der Waals surface area contributed by atoms with Crippen molar-refractivity contribution in [1.82, 2.24) is 9.97 Å². The smallest absolute Gasteiger partial charge is 0.137 e. The average molecular weight is 345 g/mol. The van der Waals surface area contributed by atoms with Crippen LogP contribution in [0.3, 0.4) is 0 Å². The van der Waals surface area contributed by atoms with E-state index in [9.17, 15) is 0 Å². The number of fused-ring (bicyclic) bond motifs is 1. The molecule has 0 radical (unpaired) electrons. The number of nitrogens with zero attached hydrogens (tertiary/aromatic N) is 2. The Kier molecular flexibility index (Phi) is 3.44. The Hall–Kier alpha value is -0.680. The van der Waals surface area contributed by atoms with Crippen LogP contribution in [0.15, 0.2) is 27.4 Å². The fourth-order valence-electron chi connectivity index (χ4n) is 1.48. The summed E-state index contributed by atoms with van der Waals surface area (Å²) in [7, 11) is 0. The summed E-state index contributed by atoms with van der Waals surface area (Å²) >= 11 is 6.97. The van der Waals surface area contributed by atoms with Gasteiger partial charge in [0.2, 0.25) is 0 Å². The van der Waals surface area contributed by atoms with E-state index in [-0.39, 0.29) is 0 Å². The van der Waals surface area contributed by atoms with Gasteiger partial charge in [-0.2, -0.15) is 0 Å². The van der Waals surface area contributed by atoms with E-state index in [1.165, 1.54) is 0 Å². The van der Waals surface area contributed by atoms with Gasteiger partial charge in [-0.25, -0.2) is 9.97 Å². The van der Waals surface area contributed by atoms with Crippen LogP contribution in [0.2, 0.25) is 0 Å². The molecule has 16 heavy (non-hydrogen) atoms. The van der Waals surface area contributed by atoms with E-state index in [0.717, 1.165) is 25.7 Å². The molecule has 0 amide bonds. The molecule has 0 saturated heterocycles. The molecule has 0 saturated carbocycles. The molecule has 1 aromatic heterocycles. The molecule has 5 heteroatoms. The summed E-state index contributed by atoms with van der Waals surface area (Å²) in [4.78, 5) is 8.54. The van der Waals surface area contributed by atoms with Crippen molar-refractivity contribution < 1.29 is 0 Å². The normalized spacial score (nSPS) is 11.1. The zero-order chi connectivity index (χ0) is 11.7. The fourth-order valence-corrected chi connectivity index (χ4v) is 2.81. The van der Waals surface area contributed by atoms with Crippen LogP contribution in [0.25, 0.3) is 10.9 Å². The van der Waals surface area contributed by atoms with Gasteiger partial charge in [-0.1, -0.05) is 15.9 Å². The lowest BCUT2D eigenvalue weighted by molar-refractivity contribution is 0.890. The summed E-state index contributed by atoms with van der Waals surface area (Å²) in [6, 6.07) is 4.34. The molecule has 1 aromatic carbocycles. The molecule has 0 aliphatic heterocycles. The third-order valence-electron chi connectivity index (χ3n) is 2.08. The number of nitrogens with one attached hydrogen (secondary N) is 1. The first kappa shape index (κ1) is 11.8. The third-order valence-corrected chi connectivity index (χ3v) is 3.14. The van der Waals surface area contributed by atoms with Gasteiger partial charge in [0, 0.05) is 20.4 Å². The minimum Gasteiger partial charge on any atom is -0.367 e. The predicted molar refractivity (Wildman–Crippen MR) is 73.7 cm³/mol. The number of anilines is 1. The lowest BCUT2D eigenvalue weighted by atomic mass is 10.2. The lowest BCUT2D eigenvalue weighted by Gasteiger charge is -2.11. The van der Waals surface area contributed by atoms with Crippen molar-refractivity contribution in [3.8, 4) is 0 Å². The summed E-state index contributed by atoms with van der Waals surface area (Å²) in [5.41, 5.74) is 0.918. The van der Waals surface area contributed by atoms with Gasteiger partial charge < -0.3 is 5.32 Å². The van der Waals surface area contributed by atoms with E-state index in [2.05, 4.69) is 61.0 Å². The lowest BCUT2D eigenvalue weighted by Crippen LogP contribution is -2.11. The van der Waals surface area contributed by atoms with Crippen molar-refractivity contribution in [2.24, 2.45) is 0 Å². The van der Waals surface area contributed by atoms with Crippen molar-refractivity contribution in [3.05, 3.63) is 27.4 Å². The van der Waals surface area contributed by atoms with Gasteiger partial charge >= 0.3 is 0 Å². The highest BCUT2D eigenvalue weighted by atomic mass is 79.9. The maximum absolute atomic E-state index is 4.27. The van der Waals surface area contributed by atoms with Crippen molar-refractivity contribution >= 4 is 48.6 Å². The molecule has 0 spiro atoms. The quantitative estimate of drug-likeness (QED) is 0.895. The predicted octanol–water partition coefficient (Wildman–Crippen LogP) is 3.98. The Balaban J connectivity index is 2.66. The van der Waals surface area contributed by atoms with Gasteiger partial charge in [-0.05, 0) is 41.9 Å². The molecule has 0 aliphatic carbocycles. The molecular weight excluding hydrogens is 334 g/mol. The second-order valence-corrected chi connectivity index (χ2v) is 5.58. The van der Waals surface area contributed by atoms with Crippen molar-refractivity contribution in [3.63, 3.8) is 0 Å². The molecule has 1 heterocycles. The van der Waals surface area contributed by atoms with E-state index in [1.54, 1.807) is 6.33 Å². The first-order chi connectivity index (χ1) is 7.58. The molecule has 0 bridgehead atoms. The highest BCUT2D eigenvalue weighted by Gasteiger charge is 2.08. The zero-order valence-corrected chi connectivity index (χ0v) is 12.1. The van der Waals surface area contributed by atoms with E-state index < -0.39 is 0 Å². The van der Waals surface area contributed by atoms with Crippen LogP contribution in [0, 0.1) is 0 Å². The van der Waals surface area contributed by atoms with Crippen LogP contribution in [0.5, 0.6) is 0 Å². The largest absolute Gasteiger partial charge is 0.367 e. The SMILES string of the molecule is CC(C)Nc1ncnc2c(Br)cc(Br)cc12. The highest BCUT2D eigenvalue weighted by Crippen LogP contribution is 2.30. The fraction of sp³-hybridized carbons (Fsp3) is 0.273. The van der Waals surface area contributed by atoms with Gasteiger partial charge in [-0.3, -0.25) is 0 Å². The number of halogens is 2. The first-order valence-corrected chi connectivity index (χ1v) is 6.53. The summed E-state index contributed by atoms with van der Waals surface area (Å²) in [5, 5.41) is 4.32. The molecule has 3 nitrogen and oxygen atoms in total. The number of aromatic nitrogens is 2. The van der Waals surface area contributed by atoms with Crippen LogP contribution >= 0.6 is 31.9 Å². The van der Waals surface area contributed by atoms with Gasteiger partial charge in [0.1, 0.15) is 12.1 Å². The molecule has 84 valence electrons. The highest BCUT2D eigenvalue weighted by molar-refractivity contribution is 9.11. The number of rotatable bonds is 2. The minimum atomic E-state index is 0.343. The Morgan fingerprint density at radius 1 is 1.19 bits per heavy atom. The van der Waals surface area contributed by atoms with E-state index >= 15 is 0 Å². The Morgan fingerprint density at radius 2 is 1.94 bits per heavy atom. The number of benzene rings is 1. The Labute approximate surface area is 111 Å². The number of hydrogen-bond acceptors (Lipinski definition) is 3. The molecule has 0 unspecified atom stereocenters. The summed E-state index contributed by atoms with van der Waals surface area (Å²) < 4.78 is 1.97. The Bertz CT molecular complexity index is 526. The van der Waals surface area contributed by atoms with E-state index in [1.807, 2.05) is 12.1 Å². The maximum Gasteiger partial charge on any atom is 0.137 e. The number of hydrogen-bond donors (Lipinski definition) is 1.